The van der Waals surface area contributed by atoms with Crippen LogP contribution in [-0.4, -0.2) is 11.0 Å². The van der Waals surface area contributed by atoms with Crippen LogP contribution < -0.4 is 4.74 Å². The Hall–Kier alpha value is -1.58. The molecule has 3 unspecified atom stereocenters. The second-order valence-corrected chi connectivity index (χ2v) is 6.21. The minimum absolute atomic E-state index is 0.0632. The Bertz CT molecular complexity index is 473. The molecule has 110 valence electrons. The Balaban J connectivity index is 2.20. The van der Waals surface area contributed by atoms with Gasteiger partial charge in [-0.3, -0.25) is 10.1 Å². The molecule has 4 nitrogen and oxygen atoms in total. The summed E-state index contributed by atoms with van der Waals surface area (Å²) < 4.78 is 6.05. The van der Waals surface area contributed by atoms with Gasteiger partial charge in [0.15, 0.2) is 5.75 Å². The van der Waals surface area contributed by atoms with E-state index in [1.165, 1.54) is 12.5 Å². The van der Waals surface area contributed by atoms with Gasteiger partial charge in [-0.1, -0.05) is 39.3 Å². The maximum absolute atomic E-state index is 11.1. The molecule has 0 heterocycles. The lowest BCUT2D eigenvalue weighted by molar-refractivity contribution is -0.386. The summed E-state index contributed by atoms with van der Waals surface area (Å²) in [6.45, 7) is 6.64. The first kappa shape index (κ1) is 14.8. The summed E-state index contributed by atoms with van der Waals surface area (Å²) in [7, 11) is 0. The van der Waals surface area contributed by atoms with Crippen molar-refractivity contribution in [3.05, 3.63) is 34.4 Å². The quantitative estimate of drug-likeness (QED) is 0.604. The van der Waals surface area contributed by atoms with Crippen molar-refractivity contribution in [1.82, 2.24) is 0 Å². The maximum atomic E-state index is 11.1. The van der Waals surface area contributed by atoms with Crippen LogP contribution in [0.3, 0.4) is 0 Å². The van der Waals surface area contributed by atoms with E-state index in [0.717, 1.165) is 12.8 Å². The third-order valence-corrected chi connectivity index (χ3v) is 4.30. The molecule has 1 fully saturated rings. The number of nitro benzene ring substituents is 1. The van der Waals surface area contributed by atoms with E-state index in [1.54, 1.807) is 18.2 Å². The predicted molar refractivity (Wildman–Crippen MR) is 78.9 cm³/mol. The fourth-order valence-electron chi connectivity index (χ4n) is 3.12. The highest BCUT2D eigenvalue weighted by Crippen LogP contribution is 2.37. The number of ether oxygens (including phenoxy) is 1. The lowest BCUT2D eigenvalue weighted by Crippen LogP contribution is -2.36. The predicted octanol–water partition coefficient (Wildman–Crippen LogP) is 4.43. The summed E-state index contributed by atoms with van der Waals surface area (Å²) >= 11 is 0. The molecule has 1 saturated carbocycles. The Morgan fingerprint density at radius 1 is 1.30 bits per heavy atom. The molecule has 20 heavy (non-hydrogen) atoms. The minimum atomic E-state index is -0.369. The van der Waals surface area contributed by atoms with Crippen molar-refractivity contribution in [2.24, 2.45) is 17.8 Å². The molecular weight excluding hydrogens is 254 g/mol. The molecule has 0 radical (unpaired) electrons. The van der Waals surface area contributed by atoms with E-state index in [0.29, 0.717) is 23.5 Å². The molecule has 0 amide bonds. The summed E-state index contributed by atoms with van der Waals surface area (Å²) in [6.07, 6.45) is 3.43. The number of rotatable bonds is 4. The van der Waals surface area contributed by atoms with Gasteiger partial charge in [-0.2, -0.15) is 0 Å². The zero-order valence-electron chi connectivity index (χ0n) is 12.4. The van der Waals surface area contributed by atoms with Gasteiger partial charge in [-0.05, 0) is 36.7 Å². The number of hydrogen-bond donors (Lipinski definition) is 0. The van der Waals surface area contributed by atoms with Crippen molar-refractivity contribution in [2.75, 3.05) is 0 Å². The first-order chi connectivity index (χ1) is 9.49. The topological polar surface area (TPSA) is 52.4 Å². The summed E-state index contributed by atoms with van der Waals surface area (Å²) in [5.41, 5.74) is 0.0632. The highest BCUT2D eigenvalue weighted by atomic mass is 16.6. The Morgan fingerprint density at radius 3 is 2.65 bits per heavy atom. The first-order valence-electron chi connectivity index (χ1n) is 7.39. The van der Waals surface area contributed by atoms with Crippen LogP contribution in [0.15, 0.2) is 24.3 Å². The molecule has 0 aromatic heterocycles. The Morgan fingerprint density at radius 2 is 2.00 bits per heavy atom. The van der Waals surface area contributed by atoms with Crippen molar-refractivity contribution >= 4 is 5.69 Å². The molecule has 3 atom stereocenters. The first-order valence-corrected chi connectivity index (χ1v) is 7.39. The maximum Gasteiger partial charge on any atom is 0.310 e. The molecule has 1 aromatic carbocycles. The fraction of sp³-hybridized carbons (Fsp3) is 0.625. The van der Waals surface area contributed by atoms with E-state index in [9.17, 15) is 10.1 Å². The van der Waals surface area contributed by atoms with Crippen LogP contribution in [0.5, 0.6) is 5.75 Å². The van der Waals surface area contributed by atoms with Gasteiger partial charge >= 0.3 is 5.69 Å². The molecule has 2 rings (SSSR count). The summed E-state index contributed by atoms with van der Waals surface area (Å²) in [5.74, 6) is 2.04. The number of nitro groups is 1. The van der Waals surface area contributed by atoms with Crippen molar-refractivity contribution in [2.45, 2.75) is 46.1 Å². The van der Waals surface area contributed by atoms with Gasteiger partial charge in [0.25, 0.3) is 0 Å². The Labute approximate surface area is 120 Å². The number of hydrogen-bond acceptors (Lipinski definition) is 3. The Kier molecular flexibility index (Phi) is 4.63. The summed E-state index contributed by atoms with van der Waals surface area (Å²) in [5, 5.41) is 11.1. The van der Waals surface area contributed by atoms with Crippen LogP contribution in [0.4, 0.5) is 5.69 Å². The largest absolute Gasteiger partial charge is 0.483 e. The van der Waals surface area contributed by atoms with E-state index < -0.39 is 0 Å². The molecule has 0 N–H and O–H groups in total. The zero-order valence-corrected chi connectivity index (χ0v) is 12.4. The zero-order chi connectivity index (χ0) is 14.7. The van der Waals surface area contributed by atoms with Gasteiger partial charge in [-0.15, -0.1) is 0 Å². The van der Waals surface area contributed by atoms with Crippen LogP contribution in [0.25, 0.3) is 0 Å². The summed E-state index contributed by atoms with van der Waals surface area (Å²) in [4.78, 5) is 10.7. The van der Waals surface area contributed by atoms with E-state index in [4.69, 9.17) is 4.74 Å². The van der Waals surface area contributed by atoms with Crippen LogP contribution in [0.1, 0.15) is 40.0 Å². The third-order valence-electron chi connectivity index (χ3n) is 4.30. The van der Waals surface area contributed by atoms with E-state index in [1.807, 2.05) is 0 Å². The lowest BCUT2D eigenvalue weighted by atomic mass is 9.75. The van der Waals surface area contributed by atoms with Gasteiger partial charge in [0.05, 0.1) is 4.92 Å². The second-order valence-electron chi connectivity index (χ2n) is 6.21. The fourth-order valence-corrected chi connectivity index (χ4v) is 3.12. The van der Waals surface area contributed by atoms with Crippen molar-refractivity contribution < 1.29 is 9.66 Å². The molecule has 1 aliphatic carbocycles. The van der Waals surface area contributed by atoms with Crippen LogP contribution >= 0.6 is 0 Å². The number of para-hydroxylation sites is 2. The van der Waals surface area contributed by atoms with Crippen LogP contribution in [-0.2, 0) is 0 Å². The number of benzene rings is 1. The van der Waals surface area contributed by atoms with E-state index in [2.05, 4.69) is 20.8 Å². The summed E-state index contributed by atoms with van der Waals surface area (Å²) in [6, 6.07) is 6.67. The van der Waals surface area contributed by atoms with E-state index in [-0.39, 0.29) is 16.7 Å². The van der Waals surface area contributed by atoms with Crippen molar-refractivity contribution in [1.29, 1.82) is 0 Å². The van der Waals surface area contributed by atoms with E-state index >= 15 is 0 Å². The van der Waals surface area contributed by atoms with Crippen LogP contribution in [0.2, 0.25) is 0 Å². The average molecular weight is 277 g/mol. The standard InChI is InChI=1S/C16H23NO3/c1-11(2)13-9-8-12(3)10-16(13)20-15-7-5-4-6-14(15)17(18)19/h4-7,11-13,16H,8-10H2,1-3H3. The SMILES string of the molecule is CC1CCC(C(C)C)C(Oc2ccccc2[N+](=O)[O-])C1. The second kappa shape index (κ2) is 6.25. The molecule has 0 bridgehead atoms. The lowest BCUT2D eigenvalue weighted by Gasteiger charge is -2.37. The minimum Gasteiger partial charge on any atom is -0.483 e. The number of nitrogens with zero attached hydrogens (tertiary/aromatic N) is 1. The van der Waals surface area contributed by atoms with Crippen molar-refractivity contribution in [3.8, 4) is 5.75 Å². The van der Waals surface area contributed by atoms with Gasteiger partial charge in [0, 0.05) is 6.07 Å². The normalized spacial score (nSPS) is 26.5. The third kappa shape index (κ3) is 3.30. The smallest absolute Gasteiger partial charge is 0.310 e. The highest BCUT2D eigenvalue weighted by molar-refractivity contribution is 5.45. The monoisotopic (exact) mass is 277 g/mol. The van der Waals surface area contributed by atoms with Gasteiger partial charge in [0.2, 0.25) is 0 Å². The molecular formula is C16H23NO3. The molecule has 4 heteroatoms. The molecule has 1 aromatic rings. The van der Waals surface area contributed by atoms with Gasteiger partial charge in [0.1, 0.15) is 6.10 Å². The van der Waals surface area contributed by atoms with Gasteiger partial charge in [-0.25, -0.2) is 0 Å². The molecule has 0 aliphatic heterocycles. The molecule has 1 aliphatic rings. The molecule has 0 spiro atoms. The van der Waals surface area contributed by atoms with Crippen LogP contribution in [0, 0.1) is 27.9 Å². The van der Waals surface area contributed by atoms with Crippen molar-refractivity contribution in [3.63, 3.8) is 0 Å². The highest BCUT2D eigenvalue weighted by Gasteiger charge is 2.33. The molecule has 0 saturated heterocycles. The average Bonchev–Trinajstić information content (AvgIpc) is 2.38. The van der Waals surface area contributed by atoms with Gasteiger partial charge < -0.3 is 4.74 Å².